The number of hydrogen-bond acceptors (Lipinski definition) is 2. The number of hydrogen-bond donors (Lipinski definition) is 0. The van der Waals surface area contributed by atoms with Crippen LogP contribution in [-0.4, -0.2) is 30.0 Å². The van der Waals surface area contributed by atoms with E-state index in [0.29, 0.717) is 0 Å². The number of methoxy groups -OCH3 is 2. The topological polar surface area (TPSA) is 23.4 Å². The van der Waals surface area contributed by atoms with Gasteiger partial charge in [0.15, 0.2) is 0 Å². The third kappa shape index (κ3) is 4.74. The summed E-state index contributed by atoms with van der Waals surface area (Å²) in [5.41, 5.74) is 4.50. The van der Waals surface area contributed by atoms with Crippen molar-refractivity contribution in [3.05, 3.63) is 127 Å². The van der Waals surface area contributed by atoms with Gasteiger partial charge in [-0.1, -0.05) is 96.6 Å². The van der Waals surface area contributed by atoms with Crippen LogP contribution in [0.25, 0.3) is 70.6 Å². The van der Waals surface area contributed by atoms with Gasteiger partial charge in [0.2, 0.25) is 0 Å². The maximum absolute atomic E-state index is 5.27. The van der Waals surface area contributed by atoms with Gasteiger partial charge in [-0.25, -0.2) is 0 Å². The number of ether oxygens (including phenoxy) is 2. The number of aryl methyl sites for hydroxylation is 1. The lowest BCUT2D eigenvalue weighted by atomic mass is 9.89. The molecule has 0 saturated carbocycles. The van der Waals surface area contributed by atoms with Gasteiger partial charge in [0.25, 0.3) is 0 Å². The van der Waals surface area contributed by atoms with Crippen LogP contribution in [0.15, 0.2) is 121 Å². The third-order valence-corrected chi connectivity index (χ3v) is 10.3. The Bertz CT molecular complexity index is 2380. The van der Waals surface area contributed by atoms with Crippen molar-refractivity contribution < 1.29 is 9.47 Å². The Morgan fingerprint density at radius 2 is 1.00 bits per heavy atom. The molecule has 0 saturated heterocycles. The van der Waals surface area contributed by atoms with E-state index in [4.69, 9.17) is 9.47 Å². The Balaban J connectivity index is 0.000000296. The van der Waals surface area contributed by atoms with E-state index >= 15 is 0 Å². The molecular formula is C43H41NO2. The summed E-state index contributed by atoms with van der Waals surface area (Å²) in [4.78, 5) is 0. The van der Waals surface area contributed by atoms with Gasteiger partial charge in [-0.2, -0.15) is 0 Å². The van der Waals surface area contributed by atoms with E-state index in [1.54, 1.807) is 14.2 Å². The van der Waals surface area contributed by atoms with Crippen molar-refractivity contribution in [1.29, 1.82) is 0 Å². The first kappa shape index (κ1) is 30.0. The van der Waals surface area contributed by atoms with Crippen LogP contribution in [0.5, 0.6) is 0 Å². The van der Waals surface area contributed by atoms with Gasteiger partial charge in [-0.05, 0) is 108 Å². The van der Waals surface area contributed by atoms with Crippen molar-refractivity contribution in [3.8, 4) is 5.69 Å². The highest BCUT2D eigenvalue weighted by atomic mass is 16.5. The van der Waals surface area contributed by atoms with Crippen LogP contribution < -0.4 is 0 Å². The van der Waals surface area contributed by atoms with Crippen molar-refractivity contribution in [3.63, 3.8) is 0 Å². The first-order valence-corrected chi connectivity index (χ1v) is 16.0. The van der Waals surface area contributed by atoms with E-state index in [1.807, 2.05) is 27.7 Å². The fourth-order valence-electron chi connectivity index (χ4n) is 6.69. The van der Waals surface area contributed by atoms with E-state index in [1.165, 1.54) is 76.1 Å². The average Bonchev–Trinajstić information content (AvgIpc) is 3.42. The van der Waals surface area contributed by atoms with Gasteiger partial charge < -0.3 is 14.0 Å². The average molecular weight is 604 g/mol. The highest BCUT2D eigenvalue weighted by Crippen LogP contribution is 2.42. The van der Waals surface area contributed by atoms with Gasteiger partial charge in [-0.3, -0.25) is 0 Å². The second-order valence-corrected chi connectivity index (χ2v) is 13.3. The number of aromatic nitrogens is 1. The Morgan fingerprint density at radius 3 is 1.65 bits per heavy atom. The summed E-state index contributed by atoms with van der Waals surface area (Å²) < 4.78 is 13.0. The lowest BCUT2D eigenvalue weighted by Crippen LogP contribution is -2.48. The maximum Gasteiger partial charge on any atom is 0.0905 e. The van der Waals surface area contributed by atoms with Crippen LogP contribution in [0, 0.1) is 6.92 Å². The summed E-state index contributed by atoms with van der Waals surface area (Å²) in [5.74, 6) is 0. The van der Waals surface area contributed by atoms with Crippen LogP contribution in [0.4, 0.5) is 0 Å². The molecule has 8 rings (SSSR count). The van der Waals surface area contributed by atoms with E-state index < -0.39 is 0 Å². The fourth-order valence-corrected chi connectivity index (χ4v) is 6.69. The van der Waals surface area contributed by atoms with Crippen LogP contribution in [-0.2, 0) is 9.47 Å². The van der Waals surface area contributed by atoms with Crippen LogP contribution >= 0.6 is 0 Å². The molecule has 3 nitrogen and oxygen atoms in total. The molecule has 1 heterocycles. The Kier molecular flexibility index (Phi) is 7.35. The first-order valence-electron chi connectivity index (χ1n) is 16.0. The minimum atomic E-state index is -0.234. The van der Waals surface area contributed by atoms with Crippen molar-refractivity contribution in [1.82, 2.24) is 4.57 Å². The Labute approximate surface area is 271 Å². The summed E-state index contributed by atoms with van der Waals surface area (Å²) in [5, 5.41) is 13.1. The second-order valence-electron chi connectivity index (χ2n) is 13.3. The normalized spacial score (nSPS) is 12.4. The number of fused-ring (bicyclic) bond motifs is 11. The molecule has 0 bridgehead atoms. The predicted octanol–water partition coefficient (Wildman–Crippen LogP) is 11.5. The van der Waals surface area contributed by atoms with Gasteiger partial charge in [0, 0.05) is 30.7 Å². The minimum absolute atomic E-state index is 0.234. The van der Waals surface area contributed by atoms with Gasteiger partial charge in [-0.15, -0.1) is 0 Å². The van der Waals surface area contributed by atoms with E-state index in [-0.39, 0.29) is 11.2 Å². The Hall–Kier alpha value is -4.70. The zero-order valence-electron chi connectivity index (χ0n) is 27.8. The summed E-state index contributed by atoms with van der Waals surface area (Å²) in [6.45, 7) is 10.2. The van der Waals surface area contributed by atoms with E-state index in [0.717, 1.165) is 0 Å². The monoisotopic (exact) mass is 603 g/mol. The highest BCUT2D eigenvalue weighted by Gasteiger charge is 2.37. The first-order chi connectivity index (χ1) is 22.1. The molecule has 230 valence electrons. The SMILES string of the molecule is COC(C)(C)C(C)(C)OC.Cc1ccc2c(c1)c1ccccc1c1cc3c(cc21)c1c2ccccc2ccc1n3-c1ccccc1. The molecule has 0 aliphatic rings. The van der Waals surface area contributed by atoms with Crippen molar-refractivity contribution in [2.45, 2.75) is 45.8 Å². The number of benzene rings is 7. The number of para-hydroxylation sites is 1. The van der Waals surface area contributed by atoms with Crippen molar-refractivity contribution in [2.75, 3.05) is 14.2 Å². The lowest BCUT2D eigenvalue weighted by molar-refractivity contribution is -0.147. The van der Waals surface area contributed by atoms with Crippen molar-refractivity contribution >= 4 is 64.9 Å². The van der Waals surface area contributed by atoms with Crippen LogP contribution in [0.3, 0.4) is 0 Å². The molecule has 0 aliphatic carbocycles. The van der Waals surface area contributed by atoms with Gasteiger partial charge >= 0.3 is 0 Å². The number of rotatable bonds is 4. The molecule has 0 radical (unpaired) electrons. The molecule has 0 unspecified atom stereocenters. The third-order valence-electron chi connectivity index (χ3n) is 10.3. The number of nitrogens with zero attached hydrogens (tertiary/aromatic N) is 1. The standard InChI is InChI=1S/C35H23N.C8H18O2/c1-22-15-17-28-29(19-22)26-13-7-8-14-27(26)31-21-34-32(20-30(28)31)35-25-12-6-5-9-23(25)16-18-33(35)36(34)24-10-3-2-4-11-24;1-7(2,9-5)8(3,4)10-6/h2-21H,1H3;1-6H3. The molecule has 7 aromatic carbocycles. The summed E-state index contributed by atoms with van der Waals surface area (Å²) in [7, 11) is 3.39. The van der Waals surface area contributed by atoms with Gasteiger partial charge in [0.1, 0.15) is 0 Å². The van der Waals surface area contributed by atoms with Crippen molar-refractivity contribution in [2.24, 2.45) is 0 Å². The summed E-state index contributed by atoms with van der Waals surface area (Å²) in [6.07, 6.45) is 0. The largest absolute Gasteiger partial charge is 0.376 e. The molecular weight excluding hydrogens is 562 g/mol. The van der Waals surface area contributed by atoms with E-state index in [2.05, 4.69) is 133 Å². The van der Waals surface area contributed by atoms with Crippen LogP contribution in [0.1, 0.15) is 33.3 Å². The van der Waals surface area contributed by atoms with E-state index in [9.17, 15) is 0 Å². The fraction of sp³-hybridized carbons (Fsp3) is 0.209. The Morgan fingerprint density at radius 1 is 0.457 bits per heavy atom. The molecule has 0 fully saturated rings. The minimum Gasteiger partial charge on any atom is -0.376 e. The summed E-state index contributed by atoms with van der Waals surface area (Å²) in [6, 6.07) is 44.7. The smallest absolute Gasteiger partial charge is 0.0905 e. The van der Waals surface area contributed by atoms with Gasteiger partial charge in [0.05, 0.1) is 22.2 Å². The lowest BCUT2D eigenvalue weighted by Gasteiger charge is -2.38. The molecule has 0 N–H and O–H groups in total. The molecule has 0 spiro atoms. The maximum atomic E-state index is 5.27. The second kappa shape index (κ2) is 11.3. The van der Waals surface area contributed by atoms with Crippen LogP contribution in [0.2, 0.25) is 0 Å². The molecule has 0 amide bonds. The molecule has 8 aromatic rings. The molecule has 3 heteroatoms. The zero-order valence-corrected chi connectivity index (χ0v) is 27.8. The molecule has 46 heavy (non-hydrogen) atoms. The highest BCUT2D eigenvalue weighted by molar-refractivity contribution is 6.30. The molecule has 0 aliphatic heterocycles. The molecule has 0 atom stereocenters. The molecule has 1 aromatic heterocycles. The predicted molar refractivity (Wildman–Crippen MR) is 198 cm³/mol. The quantitative estimate of drug-likeness (QED) is 0.187. The summed E-state index contributed by atoms with van der Waals surface area (Å²) >= 11 is 0. The zero-order chi connectivity index (χ0) is 32.2.